The average Bonchev–Trinajstić information content (AvgIpc) is 3.13. The van der Waals surface area contributed by atoms with Crippen LogP contribution in [0.2, 0.25) is 0 Å². The van der Waals surface area contributed by atoms with Crippen LogP contribution in [0.15, 0.2) is 42.7 Å². The molecular weight excluding hydrogens is 318 g/mol. The Morgan fingerprint density at radius 3 is 2.84 bits per heavy atom. The molecule has 1 aromatic carbocycles. The van der Waals surface area contributed by atoms with E-state index in [1.807, 2.05) is 36.5 Å². The highest BCUT2D eigenvalue weighted by Crippen LogP contribution is 2.23. The zero-order valence-electron chi connectivity index (χ0n) is 14.6. The molecule has 132 valence electrons. The number of ether oxygens (including phenoxy) is 1. The number of esters is 1. The molecule has 2 atom stereocenters. The summed E-state index contributed by atoms with van der Waals surface area (Å²) in [4.78, 5) is 31.2. The molecule has 1 aromatic heterocycles. The topological polar surface area (TPSA) is 64.4 Å². The number of methoxy groups -OCH3 is 1. The Labute approximate surface area is 147 Å². The van der Waals surface area contributed by atoms with Gasteiger partial charge in [-0.1, -0.05) is 30.3 Å². The number of hydrogen-bond acceptors (Lipinski definition) is 4. The predicted molar refractivity (Wildman–Crippen MR) is 92.5 cm³/mol. The maximum Gasteiger partial charge on any atom is 0.328 e. The minimum Gasteiger partial charge on any atom is -0.467 e. The summed E-state index contributed by atoms with van der Waals surface area (Å²) in [5, 5.41) is 0. The van der Waals surface area contributed by atoms with Gasteiger partial charge in [-0.3, -0.25) is 4.79 Å². The third-order valence-electron chi connectivity index (χ3n) is 4.79. The fourth-order valence-electron chi connectivity index (χ4n) is 3.28. The number of aryl methyl sites for hydroxylation is 1. The van der Waals surface area contributed by atoms with E-state index in [0.717, 1.165) is 24.4 Å². The summed E-state index contributed by atoms with van der Waals surface area (Å²) in [5.74, 6) is 0.346. The number of aromatic nitrogens is 2. The second-order valence-corrected chi connectivity index (χ2v) is 6.38. The van der Waals surface area contributed by atoms with Gasteiger partial charge in [0.15, 0.2) is 0 Å². The first-order valence-electron chi connectivity index (χ1n) is 8.52. The van der Waals surface area contributed by atoms with Crippen molar-refractivity contribution in [1.82, 2.24) is 14.5 Å². The van der Waals surface area contributed by atoms with Crippen LogP contribution >= 0.6 is 0 Å². The highest BCUT2D eigenvalue weighted by molar-refractivity contribution is 5.85. The SMILES string of the molecule is COC(=O)[C@H](C)N(Cc1ccccc1)C(=O)C1CCn2ccnc2C1. The number of benzene rings is 1. The number of rotatable bonds is 5. The Morgan fingerprint density at radius 2 is 2.12 bits per heavy atom. The highest BCUT2D eigenvalue weighted by atomic mass is 16.5. The number of hydrogen-bond donors (Lipinski definition) is 0. The lowest BCUT2D eigenvalue weighted by Gasteiger charge is -2.32. The van der Waals surface area contributed by atoms with Crippen LogP contribution in [-0.4, -0.2) is 39.5 Å². The van der Waals surface area contributed by atoms with Crippen LogP contribution < -0.4 is 0 Å². The Balaban J connectivity index is 1.80. The fourth-order valence-corrected chi connectivity index (χ4v) is 3.28. The number of amides is 1. The quantitative estimate of drug-likeness (QED) is 0.781. The van der Waals surface area contributed by atoms with Crippen molar-refractivity contribution in [2.75, 3.05) is 7.11 Å². The van der Waals surface area contributed by atoms with E-state index < -0.39 is 12.0 Å². The molecule has 0 radical (unpaired) electrons. The van der Waals surface area contributed by atoms with Crippen molar-refractivity contribution in [3.8, 4) is 0 Å². The van der Waals surface area contributed by atoms with Gasteiger partial charge < -0.3 is 14.2 Å². The van der Waals surface area contributed by atoms with E-state index in [1.54, 1.807) is 18.0 Å². The van der Waals surface area contributed by atoms with Gasteiger partial charge in [-0.15, -0.1) is 0 Å². The molecule has 0 saturated carbocycles. The monoisotopic (exact) mass is 341 g/mol. The Hall–Kier alpha value is -2.63. The Kier molecular flexibility index (Phi) is 5.16. The van der Waals surface area contributed by atoms with E-state index in [2.05, 4.69) is 9.55 Å². The number of carbonyl (C=O) groups excluding carboxylic acids is 2. The first kappa shape index (κ1) is 17.2. The Morgan fingerprint density at radius 1 is 1.36 bits per heavy atom. The molecule has 0 N–H and O–H groups in total. The third-order valence-corrected chi connectivity index (χ3v) is 4.79. The lowest BCUT2D eigenvalue weighted by atomic mass is 9.95. The summed E-state index contributed by atoms with van der Waals surface area (Å²) in [6.45, 7) is 2.88. The maximum atomic E-state index is 13.2. The van der Waals surface area contributed by atoms with Gasteiger partial charge in [-0.2, -0.15) is 0 Å². The molecule has 25 heavy (non-hydrogen) atoms. The molecule has 2 aromatic rings. The number of nitrogens with zero attached hydrogens (tertiary/aromatic N) is 3. The number of carbonyl (C=O) groups is 2. The van der Waals surface area contributed by atoms with E-state index in [-0.39, 0.29) is 11.8 Å². The smallest absolute Gasteiger partial charge is 0.328 e. The van der Waals surface area contributed by atoms with Gasteiger partial charge in [0.1, 0.15) is 11.9 Å². The van der Waals surface area contributed by atoms with Crippen molar-refractivity contribution >= 4 is 11.9 Å². The van der Waals surface area contributed by atoms with Gasteiger partial charge in [0, 0.05) is 37.8 Å². The molecule has 3 rings (SSSR count). The lowest BCUT2D eigenvalue weighted by molar-refractivity contribution is -0.154. The molecule has 2 heterocycles. The molecule has 1 amide bonds. The molecule has 6 heteroatoms. The molecule has 1 aliphatic rings. The number of fused-ring (bicyclic) bond motifs is 1. The van der Waals surface area contributed by atoms with Gasteiger partial charge in [-0.05, 0) is 18.9 Å². The zero-order valence-corrected chi connectivity index (χ0v) is 14.6. The molecule has 1 aliphatic heterocycles. The first-order valence-corrected chi connectivity index (χ1v) is 8.52. The van der Waals surface area contributed by atoms with Crippen LogP contribution in [0.3, 0.4) is 0 Å². The molecule has 0 aliphatic carbocycles. The summed E-state index contributed by atoms with van der Waals surface area (Å²) in [6.07, 6.45) is 5.06. The Bertz CT molecular complexity index is 741. The summed E-state index contributed by atoms with van der Waals surface area (Å²) in [5.41, 5.74) is 0.990. The van der Waals surface area contributed by atoms with Gasteiger partial charge in [0.25, 0.3) is 0 Å². The fraction of sp³-hybridized carbons (Fsp3) is 0.421. The van der Waals surface area contributed by atoms with Crippen molar-refractivity contribution in [1.29, 1.82) is 0 Å². The summed E-state index contributed by atoms with van der Waals surface area (Å²) in [7, 11) is 1.35. The van der Waals surface area contributed by atoms with Crippen LogP contribution in [-0.2, 0) is 33.8 Å². The third kappa shape index (κ3) is 3.73. The van der Waals surface area contributed by atoms with Crippen LogP contribution in [0.4, 0.5) is 0 Å². The second-order valence-electron chi connectivity index (χ2n) is 6.38. The first-order chi connectivity index (χ1) is 12.1. The van der Waals surface area contributed by atoms with E-state index in [1.165, 1.54) is 7.11 Å². The molecule has 6 nitrogen and oxygen atoms in total. The minimum atomic E-state index is -0.626. The lowest BCUT2D eigenvalue weighted by Crippen LogP contribution is -2.47. The standard InChI is InChI=1S/C19H23N3O3/c1-14(19(24)25-2)22(13-15-6-4-3-5-7-15)18(23)16-8-10-21-11-9-20-17(21)12-16/h3-7,9,11,14,16H,8,10,12-13H2,1-2H3/t14-,16?/m0/s1. The van der Waals surface area contributed by atoms with Gasteiger partial charge in [0.2, 0.25) is 5.91 Å². The van der Waals surface area contributed by atoms with Gasteiger partial charge in [0.05, 0.1) is 7.11 Å². The highest BCUT2D eigenvalue weighted by Gasteiger charge is 2.34. The van der Waals surface area contributed by atoms with Crippen molar-refractivity contribution in [3.05, 3.63) is 54.1 Å². The van der Waals surface area contributed by atoms with E-state index in [4.69, 9.17) is 4.74 Å². The van der Waals surface area contributed by atoms with Crippen LogP contribution in [0.1, 0.15) is 24.7 Å². The molecule has 0 fully saturated rings. The van der Waals surface area contributed by atoms with E-state index in [0.29, 0.717) is 13.0 Å². The summed E-state index contributed by atoms with van der Waals surface area (Å²) in [6, 6.07) is 9.08. The number of imidazole rings is 1. The van der Waals surface area contributed by atoms with Crippen molar-refractivity contribution in [2.24, 2.45) is 5.92 Å². The van der Waals surface area contributed by atoms with Crippen LogP contribution in [0.25, 0.3) is 0 Å². The maximum absolute atomic E-state index is 13.2. The van der Waals surface area contributed by atoms with E-state index >= 15 is 0 Å². The zero-order chi connectivity index (χ0) is 17.8. The second kappa shape index (κ2) is 7.51. The molecule has 1 unspecified atom stereocenters. The normalized spacial score (nSPS) is 17.4. The predicted octanol–water partition coefficient (Wildman–Crippen LogP) is 2.04. The largest absolute Gasteiger partial charge is 0.467 e. The van der Waals surface area contributed by atoms with E-state index in [9.17, 15) is 9.59 Å². The molecule has 0 saturated heterocycles. The molecule has 0 bridgehead atoms. The van der Waals surface area contributed by atoms with Crippen LogP contribution in [0, 0.1) is 5.92 Å². The summed E-state index contributed by atoms with van der Waals surface area (Å²) >= 11 is 0. The van der Waals surface area contributed by atoms with Crippen molar-refractivity contribution in [3.63, 3.8) is 0 Å². The van der Waals surface area contributed by atoms with Crippen molar-refractivity contribution < 1.29 is 14.3 Å². The van der Waals surface area contributed by atoms with Gasteiger partial charge >= 0.3 is 5.97 Å². The minimum absolute atomic E-state index is 0.0176. The van der Waals surface area contributed by atoms with Crippen molar-refractivity contribution in [2.45, 2.75) is 38.9 Å². The van der Waals surface area contributed by atoms with Crippen LogP contribution in [0.5, 0.6) is 0 Å². The average molecular weight is 341 g/mol. The van der Waals surface area contributed by atoms with Gasteiger partial charge in [-0.25, -0.2) is 9.78 Å². The molecule has 0 spiro atoms. The summed E-state index contributed by atoms with van der Waals surface area (Å²) < 4.78 is 6.94. The molecular formula is C19H23N3O3.